The first-order valence-electron chi connectivity index (χ1n) is 6.69. The molecule has 2 rings (SSSR count). The van der Waals surface area contributed by atoms with Crippen LogP contribution < -0.4 is 5.73 Å². The van der Waals surface area contributed by atoms with Crippen LogP contribution in [0.2, 0.25) is 0 Å². The van der Waals surface area contributed by atoms with Gasteiger partial charge in [0.1, 0.15) is 0 Å². The van der Waals surface area contributed by atoms with Crippen LogP contribution in [0.25, 0.3) is 0 Å². The summed E-state index contributed by atoms with van der Waals surface area (Å²) in [6.45, 7) is 2.17. The maximum absolute atomic E-state index is 6.14. The van der Waals surface area contributed by atoms with Gasteiger partial charge in [0.2, 0.25) is 0 Å². The van der Waals surface area contributed by atoms with Crippen LogP contribution in [0.3, 0.4) is 0 Å². The van der Waals surface area contributed by atoms with Gasteiger partial charge in [0, 0.05) is 5.92 Å². The molecule has 1 aliphatic carbocycles. The molecule has 1 atom stereocenters. The van der Waals surface area contributed by atoms with Crippen LogP contribution in [0.4, 0.5) is 0 Å². The van der Waals surface area contributed by atoms with Crippen LogP contribution in [-0.4, -0.2) is 5.84 Å². The van der Waals surface area contributed by atoms with E-state index in [1.807, 2.05) is 6.07 Å². The van der Waals surface area contributed by atoms with Crippen molar-refractivity contribution in [1.29, 1.82) is 0 Å². The minimum Gasteiger partial charge on any atom is -0.387 e. The van der Waals surface area contributed by atoms with E-state index in [1.54, 1.807) is 0 Å². The summed E-state index contributed by atoms with van der Waals surface area (Å²) in [7, 11) is 0. The monoisotopic (exact) mass is 230 g/mol. The lowest BCUT2D eigenvalue weighted by Crippen LogP contribution is -2.22. The lowest BCUT2D eigenvalue weighted by molar-refractivity contribution is 0.663. The third kappa shape index (κ3) is 3.09. The van der Waals surface area contributed by atoms with E-state index in [0.717, 1.165) is 12.3 Å². The van der Waals surface area contributed by atoms with Crippen molar-refractivity contribution in [3.8, 4) is 0 Å². The molecule has 0 amide bonds. The Balaban J connectivity index is 2.11. The van der Waals surface area contributed by atoms with Crippen LogP contribution >= 0.6 is 0 Å². The molecule has 0 aromatic heterocycles. The van der Waals surface area contributed by atoms with E-state index in [4.69, 9.17) is 10.7 Å². The van der Waals surface area contributed by atoms with Gasteiger partial charge in [-0.15, -0.1) is 0 Å². The van der Waals surface area contributed by atoms with E-state index in [0.29, 0.717) is 5.92 Å². The van der Waals surface area contributed by atoms with Crippen molar-refractivity contribution >= 4 is 5.84 Å². The molecule has 2 N–H and O–H groups in total. The van der Waals surface area contributed by atoms with Gasteiger partial charge in [-0.2, -0.15) is 0 Å². The average molecular weight is 230 g/mol. The third-order valence-electron chi connectivity index (χ3n) is 3.65. The van der Waals surface area contributed by atoms with Gasteiger partial charge in [-0.05, 0) is 24.8 Å². The number of nitrogens with two attached hydrogens (primary N) is 1. The second kappa shape index (κ2) is 5.85. The first-order chi connectivity index (χ1) is 8.31. The summed E-state index contributed by atoms with van der Waals surface area (Å²) in [5.41, 5.74) is 7.42. The smallest absolute Gasteiger partial charge is 0.0976 e. The van der Waals surface area contributed by atoms with Crippen molar-refractivity contribution in [3.63, 3.8) is 0 Å². The molecule has 17 heavy (non-hydrogen) atoms. The van der Waals surface area contributed by atoms with Crippen LogP contribution in [0.5, 0.6) is 0 Å². The zero-order valence-corrected chi connectivity index (χ0v) is 10.6. The fraction of sp³-hybridized carbons (Fsp3) is 0.533. The van der Waals surface area contributed by atoms with Gasteiger partial charge in [0.25, 0.3) is 0 Å². The molecule has 1 fully saturated rings. The minimum absolute atomic E-state index is 0.233. The predicted octanol–water partition coefficient (Wildman–Crippen LogP) is 3.69. The van der Waals surface area contributed by atoms with E-state index >= 15 is 0 Å². The molecule has 0 saturated heterocycles. The second-order valence-electron chi connectivity index (χ2n) is 4.87. The van der Waals surface area contributed by atoms with E-state index in [2.05, 4.69) is 31.2 Å². The highest BCUT2D eigenvalue weighted by atomic mass is 14.9. The Morgan fingerprint density at radius 2 is 1.94 bits per heavy atom. The number of hydrogen-bond donors (Lipinski definition) is 1. The van der Waals surface area contributed by atoms with Gasteiger partial charge >= 0.3 is 0 Å². The topological polar surface area (TPSA) is 38.4 Å². The molecular weight excluding hydrogens is 208 g/mol. The summed E-state index contributed by atoms with van der Waals surface area (Å²) in [6.07, 6.45) is 6.07. The van der Waals surface area contributed by atoms with Gasteiger partial charge in [-0.1, -0.05) is 50.1 Å². The number of amidine groups is 1. The fourth-order valence-corrected chi connectivity index (χ4v) is 2.58. The summed E-state index contributed by atoms with van der Waals surface area (Å²) < 4.78 is 0. The Morgan fingerprint density at radius 3 is 2.53 bits per heavy atom. The Hall–Kier alpha value is -1.31. The van der Waals surface area contributed by atoms with Gasteiger partial charge in [0.15, 0.2) is 0 Å². The second-order valence-corrected chi connectivity index (χ2v) is 4.87. The van der Waals surface area contributed by atoms with Crippen molar-refractivity contribution in [2.24, 2.45) is 16.6 Å². The van der Waals surface area contributed by atoms with Gasteiger partial charge in [-0.3, -0.25) is 4.99 Å². The number of benzene rings is 1. The third-order valence-corrected chi connectivity index (χ3v) is 3.65. The maximum atomic E-state index is 6.14. The Morgan fingerprint density at radius 1 is 1.29 bits per heavy atom. The molecule has 0 unspecified atom stereocenters. The van der Waals surface area contributed by atoms with E-state index < -0.39 is 0 Å². The molecule has 1 aromatic carbocycles. The Kier molecular flexibility index (Phi) is 4.18. The van der Waals surface area contributed by atoms with Crippen molar-refractivity contribution in [3.05, 3.63) is 35.9 Å². The van der Waals surface area contributed by atoms with Gasteiger partial charge < -0.3 is 5.73 Å². The lowest BCUT2D eigenvalue weighted by atomic mass is 10.0. The van der Waals surface area contributed by atoms with Crippen LogP contribution in [0, 0.1) is 5.92 Å². The van der Waals surface area contributed by atoms with Crippen molar-refractivity contribution in [2.45, 2.75) is 45.1 Å². The zero-order chi connectivity index (χ0) is 12.1. The van der Waals surface area contributed by atoms with Crippen molar-refractivity contribution in [1.82, 2.24) is 0 Å². The SMILES string of the molecule is CC[C@H](N=C(N)C1CCCC1)c1ccccc1. The summed E-state index contributed by atoms with van der Waals surface area (Å²) in [5, 5.41) is 0. The minimum atomic E-state index is 0.233. The van der Waals surface area contributed by atoms with Crippen LogP contribution in [0.15, 0.2) is 35.3 Å². The maximum Gasteiger partial charge on any atom is 0.0976 e. The molecule has 0 heterocycles. The first kappa shape index (κ1) is 12.2. The highest BCUT2D eigenvalue weighted by Crippen LogP contribution is 2.27. The van der Waals surface area contributed by atoms with E-state index in [9.17, 15) is 0 Å². The largest absolute Gasteiger partial charge is 0.387 e. The highest BCUT2D eigenvalue weighted by Gasteiger charge is 2.19. The summed E-state index contributed by atoms with van der Waals surface area (Å²) in [6, 6.07) is 10.7. The molecular formula is C15H22N2. The molecule has 0 spiro atoms. The zero-order valence-electron chi connectivity index (χ0n) is 10.6. The van der Waals surface area contributed by atoms with Gasteiger partial charge in [0.05, 0.1) is 11.9 Å². The summed E-state index contributed by atoms with van der Waals surface area (Å²) in [4.78, 5) is 4.74. The first-order valence-corrected chi connectivity index (χ1v) is 6.69. The summed E-state index contributed by atoms with van der Waals surface area (Å²) in [5.74, 6) is 1.41. The molecule has 2 heteroatoms. The number of rotatable bonds is 4. The predicted molar refractivity (Wildman–Crippen MR) is 73.1 cm³/mol. The molecule has 2 nitrogen and oxygen atoms in total. The fourth-order valence-electron chi connectivity index (χ4n) is 2.58. The summed E-state index contributed by atoms with van der Waals surface area (Å²) >= 11 is 0. The van der Waals surface area contributed by atoms with Crippen molar-refractivity contribution < 1.29 is 0 Å². The highest BCUT2D eigenvalue weighted by molar-refractivity contribution is 5.83. The lowest BCUT2D eigenvalue weighted by Gasteiger charge is -2.15. The molecule has 1 aromatic rings. The number of nitrogens with zero attached hydrogens (tertiary/aromatic N) is 1. The number of hydrogen-bond acceptors (Lipinski definition) is 1. The molecule has 0 bridgehead atoms. The molecule has 0 aliphatic heterocycles. The molecule has 1 aliphatic rings. The van der Waals surface area contributed by atoms with Crippen molar-refractivity contribution in [2.75, 3.05) is 0 Å². The van der Waals surface area contributed by atoms with Crippen LogP contribution in [0.1, 0.15) is 50.6 Å². The average Bonchev–Trinajstić information content (AvgIpc) is 2.90. The molecule has 1 saturated carbocycles. The van der Waals surface area contributed by atoms with E-state index in [1.165, 1.54) is 31.2 Å². The Labute approximate surface area is 104 Å². The van der Waals surface area contributed by atoms with Crippen LogP contribution in [-0.2, 0) is 0 Å². The van der Waals surface area contributed by atoms with E-state index in [-0.39, 0.29) is 6.04 Å². The van der Waals surface area contributed by atoms with Gasteiger partial charge in [-0.25, -0.2) is 0 Å². The Bertz CT molecular complexity index is 364. The number of aliphatic imine (C=N–C) groups is 1. The normalized spacial score (nSPS) is 19.5. The molecule has 92 valence electrons. The standard InChI is InChI=1S/C15H22N2/c1-2-14(12-8-4-3-5-9-12)17-15(16)13-10-6-7-11-13/h3-5,8-9,13-14H,2,6-7,10-11H2,1H3,(H2,16,17)/t14-/m0/s1. The molecule has 0 radical (unpaired) electrons. The quantitative estimate of drug-likeness (QED) is 0.622.